The van der Waals surface area contributed by atoms with E-state index in [1.54, 1.807) is 25.1 Å². The first-order chi connectivity index (χ1) is 12.8. The standard InChI is InChI=1S/C20H21F4NO2.ClH/c1-13-3-2-4-16(19(13)21)15-5-6-17(27-20(22,23)24)18(11-15)26-12-14-7-9-25-10-8-14;/h2-6,11,14,25H,7-10,12H2,1H3;1H. The Morgan fingerprint density at radius 2 is 1.79 bits per heavy atom. The van der Waals surface area contributed by atoms with Gasteiger partial charge in [0.05, 0.1) is 6.61 Å². The normalized spacial score (nSPS) is 15.0. The number of hydrogen-bond acceptors (Lipinski definition) is 3. The predicted octanol–water partition coefficient (Wildman–Crippen LogP) is 5.50. The third kappa shape index (κ3) is 5.75. The lowest BCUT2D eigenvalue weighted by molar-refractivity contribution is -0.275. The molecule has 1 heterocycles. The van der Waals surface area contributed by atoms with Crippen molar-refractivity contribution in [2.75, 3.05) is 19.7 Å². The van der Waals surface area contributed by atoms with E-state index in [4.69, 9.17) is 4.74 Å². The summed E-state index contributed by atoms with van der Waals surface area (Å²) in [6.07, 6.45) is -3.05. The van der Waals surface area contributed by atoms with Gasteiger partial charge in [-0.05, 0) is 62.0 Å². The molecule has 0 aromatic heterocycles. The quantitative estimate of drug-likeness (QED) is 0.649. The van der Waals surface area contributed by atoms with Crippen molar-refractivity contribution in [3.63, 3.8) is 0 Å². The molecule has 1 saturated heterocycles. The number of hydrogen-bond donors (Lipinski definition) is 1. The molecule has 0 amide bonds. The Kier molecular flexibility index (Phi) is 7.55. The van der Waals surface area contributed by atoms with Crippen molar-refractivity contribution in [2.45, 2.75) is 26.1 Å². The highest BCUT2D eigenvalue weighted by Crippen LogP contribution is 2.37. The lowest BCUT2D eigenvalue weighted by Gasteiger charge is -2.23. The van der Waals surface area contributed by atoms with Crippen molar-refractivity contribution in [3.05, 3.63) is 47.8 Å². The molecule has 154 valence electrons. The Balaban J connectivity index is 0.00000280. The van der Waals surface area contributed by atoms with Crippen LogP contribution in [0.1, 0.15) is 18.4 Å². The number of nitrogens with one attached hydrogen (secondary N) is 1. The third-order valence-corrected chi connectivity index (χ3v) is 4.61. The van der Waals surface area contributed by atoms with E-state index in [1.807, 2.05) is 0 Å². The van der Waals surface area contributed by atoms with Crippen LogP contribution in [0.15, 0.2) is 36.4 Å². The maximum absolute atomic E-state index is 14.4. The number of ether oxygens (including phenoxy) is 2. The number of rotatable bonds is 5. The minimum Gasteiger partial charge on any atom is -0.489 e. The van der Waals surface area contributed by atoms with Crippen molar-refractivity contribution in [1.29, 1.82) is 0 Å². The summed E-state index contributed by atoms with van der Waals surface area (Å²) in [5.41, 5.74) is 1.20. The molecule has 1 N–H and O–H groups in total. The minimum atomic E-state index is -4.83. The van der Waals surface area contributed by atoms with Crippen molar-refractivity contribution >= 4 is 12.4 Å². The zero-order valence-corrected chi connectivity index (χ0v) is 16.1. The largest absolute Gasteiger partial charge is 0.573 e. The molecular formula is C20H22ClF4NO2. The van der Waals surface area contributed by atoms with Crippen LogP contribution in [0.4, 0.5) is 17.6 Å². The van der Waals surface area contributed by atoms with E-state index >= 15 is 0 Å². The second-order valence-corrected chi connectivity index (χ2v) is 6.65. The van der Waals surface area contributed by atoms with E-state index in [9.17, 15) is 17.6 Å². The van der Waals surface area contributed by atoms with E-state index in [0.717, 1.165) is 25.9 Å². The van der Waals surface area contributed by atoms with E-state index in [-0.39, 0.29) is 30.7 Å². The lowest BCUT2D eigenvalue weighted by Crippen LogP contribution is -2.30. The number of aryl methyl sites for hydroxylation is 1. The van der Waals surface area contributed by atoms with Gasteiger partial charge in [0.15, 0.2) is 11.5 Å². The van der Waals surface area contributed by atoms with E-state index in [1.165, 1.54) is 18.2 Å². The molecule has 0 saturated carbocycles. The summed E-state index contributed by atoms with van der Waals surface area (Å²) in [5, 5.41) is 3.23. The molecule has 8 heteroatoms. The summed E-state index contributed by atoms with van der Waals surface area (Å²) in [6.45, 7) is 3.63. The van der Waals surface area contributed by atoms with Gasteiger partial charge >= 0.3 is 6.36 Å². The van der Waals surface area contributed by atoms with Crippen molar-refractivity contribution in [3.8, 4) is 22.6 Å². The topological polar surface area (TPSA) is 30.5 Å². The predicted molar refractivity (Wildman–Crippen MR) is 102 cm³/mol. The van der Waals surface area contributed by atoms with Crippen LogP contribution in [0.5, 0.6) is 11.5 Å². The maximum atomic E-state index is 14.4. The Morgan fingerprint density at radius 1 is 1.07 bits per heavy atom. The summed E-state index contributed by atoms with van der Waals surface area (Å²) < 4.78 is 62.3. The minimum absolute atomic E-state index is 0. The molecule has 28 heavy (non-hydrogen) atoms. The number of halogens is 5. The highest BCUT2D eigenvalue weighted by atomic mass is 35.5. The maximum Gasteiger partial charge on any atom is 0.573 e. The first-order valence-electron chi connectivity index (χ1n) is 8.82. The van der Waals surface area contributed by atoms with Crippen LogP contribution in [0.3, 0.4) is 0 Å². The van der Waals surface area contributed by atoms with Crippen LogP contribution in [0, 0.1) is 18.7 Å². The molecule has 0 radical (unpaired) electrons. The van der Waals surface area contributed by atoms with Gasteiger partial charge in [-0.1, -0.05) is 24.3 Å². The van der Waals surface area contributed by atoms with Crippen molar-refractivity contribution in [1.82, 2.24) is 5.32 Å². The zero-order valence-electron chi connectivity index (χ0n) is 15.3. The van der Waals surface area contributed by atoms with Gasteiger partial charge < -0.3 is 14.8 Å². The summed E-state index contributed by atoms with van der Waals surface area (Å²) in [5.74, 6) is -0.617. The molecule has 2 aromatic rings. The SMILES string of the molecule is Cc1cccc(-c2ccc(OC(F)(F)F)c(OCC3CCNCC3)c2)c1F.Cl. The molecule has 1 fully saturated rings. The van der Waals surface area contributed by atoms with Crippen LogP contribution in [-0.4, -0.2) is 26.1 Å². The summed E-state index contributed by atoms with van der Waals surface area (Å²) in [7, 11) is 0. The Morgan fingerprint density at radius 3 is 2.46 bits per heavy atom. The highest BCUT2D eigenvalue weighted by Gasteiger charge is 2.32. The van der Waals surface area contributed by atoms with Gasteiger partial charge in [-0.3, -0.25) is 0 Å². The Bertz CT molecular complexity index is 792. The average molecular weight is 420 g/mol. The molecule has 0 bridgehead atoms. The molecule has 3 rings (SSSR count). The van der Waals surface area contributed by atoms with Gasteiger partial charge in [-0.15, -0.1) is 25.6 Å². The van der Waals surface area contributed by atoms with Gasteiger partial charge in [-0.25, -0.2) is 4.39 Å². The van der Waals surface area contributed by atoms with Gasteiger partial charge in [0.25, 0.3) is 0 Å². The van der Waals surface area contributed by atoms with E-state index in [2.05, 4.69) is 10.1 Å². The first-order valence-corrected chi connectivity index (χ1v) is 8.82. The van der Waals surface area contributed by atoms with E-state index < -0.39 is 17.9 Å². The van der Waals surface area contributed by atoms with Crippen LogP contribution in [-0.2, 0) is 0 Å². The number of alkyl halides is 3. The molecule has 0 spiro atoms. The van der Waals surface area contributed by atoms with Crippen LogP contribution in [0.25, 0.3) is 11.1 Å². The van der Waals surface area contributed by atoms with Crippen LogP contribution in [0.2, 0.25) is 0 Å². The summed E-state index contributed by atoms with van der Waals surface area (Å²) in [6, 6.07) is 8.88. The monoisotopic (exact) mass is 419 g/mol. The van der Waals surface area contributed by atoms with Crippen molar-refractivity contribution in [2.24, 2.45) is 5.92 Å². The average Bonchev–Trinajstić information content (AvgIpc) is 2.63. The highest BCUT2D eigenvalue weighted by molar-refractivity contribution is 5.85. The first kappa shape index (κ1) is 22.3. The third-order valence-electron chi connectivity index (χ3n) is 4.61. The van der Waals surface area contributed by atoms with Gasteiger partial charge in [0, 0.05) is 5.56 Å². The smallest absolute Gasteiger partial charge is 0.489 e. The van der Waals surface area contributed by atoms with Gasteiger partial charge in [-0.2, -0.15) is 0 Å². The fraction of sp³-hybridized carbons (Fsp3) is 0.400. The molecule has 0 unspecified atom stereocenters. The molecule has 3 nitrogen and oxygen atoms in total. The second kappa shape index (κ2) is 9.47. The molecule has 1 aliphatic heterocycles. The summed E-state index contributed by atoms with van der Waals surface area (Å²) in [4.78, 5) is 0. The lowest BCUT2D eigenvalue weighted by atomic mass is 9.99. The van der Waals surface area contributed by atoms with Crippen LogP contribution >= 0.6 is 12.4 Å². The van der Waals surface area contributed by atoms with Gasteiger partial charge in [0.1, 0.15) is 5.82 Å². The summed E-state index contributed by atoms with van der Waals surface area (Å²) >= 11 is 0. The Hall–Kier alpha value is -1.99. The van der Waals surface area contributed by atoms with Gasteiger partial charge in [0.2, 0.25) is 0 Å². The van der Waals surface area contributed by atoms with Crippen molar-refractivity contribution < 1.29 is 27.0 Å². The molecule has 2 aromatic carbocycles. The van der Waals surface area contributed by atoms with Crippen LogP contribution < -0.4 is 14.8 Å². The Labute approximate surface area is 167 Å². The molecule has 0 aliphatic carbocycles. The second-order valence-electron chi connectivity index (χ2n) is 6.65. The molecule has 0 atom stereocenters. The molecule has 1 aliphatic rings. The number of piperidine rings is 1. The van der Waals surface area contributed by atoms with E-state index in [0.29, 0.717) is 16.7 Å². The molecular weight excluding hydrogens is 398 g/mol. The fourth-order valence-corrected chi connectivity index (χ4v) is 3.12. The number of benzene rings is 2. The fourth-order valence-electron chi connectivity index (χ4n) is 3.12. The zero-order chi connectivity index (χ0) is 19.4.